The number of ether oxygens (including phenoxy) is 1. The van der Waals surface area contributed by atoms with Crippen LogP contribution in [0.25, 0.3) is 0 Å². The van der Waals surface area contributed by atoms with E-state index in [2.05, 4.69) is 24.2 Å². The van der Waals surface area contributed by atoms with E-state index in [0.29, 0.717) is 12.1 Å². The molecule has 1 rings (SSSR count). The quantitative estimate of drug-likeness (QED) is 0.758. The Morgan fingerprint density at radius 1 is 1.17 bits per heavy atom. The fourth-order valence-electron chi connectivity index (χ4n) is 2.96. The monoisotopic (exact) mass is 256 g/mol. The molecule has 1 N–H and O–H groups in total. The first-order valence-corrected chi connectivity index (χ1v) is 7.72. The first-order chi connectivity index (χ1) is 8.79. The van der Waals surface area contributed by atoms with Crippen LogP contribution in [0.3, 0.4) is 0 Å². The Kier molecular flexibility index (Phi) is 8.64. The lowest BCUT2D eigenvalue weighted by Gasteiger charge is -2.36. The Hall–Kier alpha value is -0.120. The molecule has 108 valence electrons. The normalized spacial score (nSPS) is 26.0. The zero-order valence-corrected chi connectivity index (χ0v) is 12.6. The van der Waals surface area contributed by atoms with Crippen LogP contribution in [0.4, 0.5) is 0 Å². The molecule has 0 aromatic heterocycles. The van der Waals surface area contributed by atoms with Gasteiger partial charge in [-0.2, -0.15) is 0 Å². The molecule has 1 aliphatic rings. The maximum absolute atomic E-state index is 5.21. The highest BCUT2D eigenvalue weighted by Crippen LogP contribution is 2.21. The van der Waals surface area contributed by atoms with Crippen LogP contribution in [-0.4, -0.2) is 50.8 Å². The van der Waals surface area contributed by atoms with Crippen molar-refractivity contribution in [2.45, 2.75) is 64.0 Å². The SMILES string of the molecule is CCCNC1CCCCCCC1N(C)CCOC. The number of methoxy groups -OCH3 is 1. The maximum Gasteiger partial charge on any atom is 0.0589 e. The molecule has 0 bridgehead atoms. The number of nitrogens with zero attached hydrogens (tertiary/aromatic N) is 1. The smallest absolute Gasteiger partial charge is 0.0589 e. The predicted octanol–water partition coefficient (Wildman–Crippen LogP) is 2.66. The summed E-state index contributed by atoms with van der Waals surface area (Å²) in [5.41, 5.74) is 0. The van der Waals surface area contributed by atoms with Gasteiger partial charge >= 0.3 is 0 Å². The molecule has 1 fully saturated rings. The first kappa shape index (κ1) is 15.9. The first-order valence-electron chi connectivity index (χ1n) is 7.72. The Labute approximate surface area is 113 Å². The molecule has 0 amide bonds. The summed E-state index contributed by atoms with van der Waals surface area (Å²) in [5, 5.41) is 3.76. The van der Waals surface area contributed by atoms with E-state index in [9.17, 15) is 0 Å². The Bertz CT molecular complexity index is 197. The standard InChI is InChI=1S/C15H32N2O/c1-4-11-16-14-9-7-5-6-8-10-15(14)17(2)12-13-18-3/h14-16H,4-13H2,1-3H3. The molecule has 0 saturated heterocycles. The summed E-state index contributed by atoms with van der Waals surface area (Å²) in [6, 6.07) is 1.36. The summed E-state index contributed by atoms with van der Waals surface area (Å²) in [7, 11) is 4.05. The van der Waals surface area contributed by atoms with Crippen molar-refractivity contribution >= 4 is 0 Å². The number of hydrogen-bond acceptors (Lipinski definition) is 3. The summed E-state index contributed by atoms with van der Waals surface area (Å²) in [4.78, 5) is 2.50. The van der Waals surface area contributed by atoms with Crippen molar-refractivity contribution < 1.29 is 4.74 Å². The molecule has 0 radical (unpaired) electrons. The molecule has 3 nitrogen and oxygen atoms in total. The lowest BCUT2D eigenvalue weighted by Crippen LogP contribution is -2.50. The summed E-state index contributed by atoms with van der Waals surface area (Å²) in [5.74, 6) is 0. The summed E-state index contributed by atoms with van der Waals surface area (Å²) >= 11 is 0. The van der Waals surface area contributed by atoms with Gasteiger partial charge in [0.1, 0.15) is 0 Å². The van der Waals surface area contributed by atoms with E-state index in [4.69, 9.17) is 4.74 Å². The minimum atomic E-state index is 0.673. The van der Waals surface area contributed by atoms with Gasteiger partial charge in [0.15, 0.2) is 0 Å². The van der Waals surface area contributed by atoms with Crippen LogP contribution in [0.5, 0.6) is 0 Å². The topological polar surface area (TPSA) is 24.5 Å². The van der Waals surface area contributed by atoms with Gasteiger partial charge in [-0.1, -0.05) is 32.6 Å². The van der Waals surface area contributed by atoms with Crippen molar-refractivity contribution in [1.82, 2.24) is 10.2 Å². The zero-order valence-electron chi connectivity index (χ0n) is 12.6. The minimum absolute atomic E-state index is 0.673. The van der Waals surface area contributed by atoms with E-state index in [1.807, 2.05) is 0 Å². The van der Waals surface area contributed by atoms with Crippen LogP contribution >= 0.6 is 0 Å². The van der Waals surface area contributed by atoms with E-state index in [1.54, 1.807) is 7.11 Å². The average molecular weight is 256 g/mol. The Morgan fingerprint density at radius 3 is 2.56 bits per heavy atom. The van der Waals surface area contributed by atoms with Gasteiger partial charge in [-0.3, -0.25) is 4.90 Å². The third kappa shape index (κ3) is 5.68. The van der Waals surface area contributed by atoms with Crippen LogP contribution < -0.4 is 5.32 Å². The van der Waals surface area contributed by atoms with Gasteiger partial charge in [-0.25, -0.2) is 0 Å². The zero-order chi connectivity index (χ0) is 13.2. The van der Waals surface area contributed by atoms with Gasteiger partial charge in [0.2, 0.25) is 0 Å². The summed E-state index contributed by atoms with van der Waals surface area (Å²) in [6.07, 6.45) is 9.49. The van der Waals surface area contributed by atoms with Crippen LogP contribution in [0.15, 0.2) is 0 Å². The molecular weight excluding hydrogens is 224 g/mol. The molecule has 18 heavy (non-hydrogen) atoms. The van der Waals surface area contributed by atoms with Crippen LogP contribution in [-0.2, 0) is 4.74 Å². The molecule has 0 aromatic carbocycles. The molecule has 1 saturated carbocycles. The van der Waals surface area contributed by atoms with Gasteiger partial charge in [-0.15, -0.1) is 0 Å². The summed E-state index contributed by atoms with van der Waals surface area (Å²) < 4.78 is 5.21. The summed E-state index contributed by atoms with van der Waals surface area (Å²) in [6.45, 7) is 5.29. The average Bonchev–Trinajstić information content (AvgIpc) is 2.35. The molecule has 0 heterocycles. The van der Waals surface area contributed by atoms with Gasteiger partial charge in [-0.05, 0) is 32.9 Å². The highest BCUT2D eigenvalue weighted by Gasteiger charge is 2.25. The third-order valence-corrected chi connectivity index (χ3v) is 4.10. The minimum Gasteiger partial charge on any atom is -0.383 e. The number of nitrogens with one attached hydrogen (secondary N) is 1. The molecule has 1 aliphatic carbocycles. The Morgan fingerprint density at radius 2 is 1.89 bits per heavy atom. The lowest BCUT2D eigenvalue weighted by molar-refractivity contribution is 0.111. The molecule has 0 aromatic rings. The van der Waals surface area contributed by atoms with Crippen LogP contribution in [0.1, 0.15) is 51.9 Å². The van der Waals surface area contributed by atoms with Crippen molar-refractivity contribution in [3.05, 3.63) is 0 Å². The molecule has 3 heteroatoms. The predicted molar refractivity (Wildman–Crippen MR) is 78.1 cm³/mol. The van der Waals surface area contributed by atoms with E-state index in [-0.39, 0.29) is 0 Å². The van der Waals surface area contributed by atoms with Gasteiger partial charge < -0.3 is 10.1 Å². The molecule has 0 spiro atoms. The molecule has 2 unspecified atom stereocenters. The second-order valence-electron chi connectivity index (χ2n) is 5.59. The fraction of sp³-hybridized carbons (Fsp3) is 1.00. The fourth-order valence-corrected chi connectivity index (χ4v) is 2.96. The molecule has 0 aliphatic heterocycles. The third-order valence-electron chi connectivity index (χ3n) is 4.10. The van der Waals surface area contributed by atoms with Crippen LogP contribution in [0.2, 0.25) is 0 Å². The number of hydrogen-bond donors (Lipinski definition) is 1. The van der Waals surface area contributed by atoms with Gasteiger partial charge in [0.25, 0.3) is 0 Å². The van der Waals surface area contributed by atoms with Crippen molar-refractivity contribution in [2.24, 2.45) is 0 Å². The van der Waals surface area contributed by atoms with Crippen molar-refractivity contribution in [1.29, 1.82) is 0 Å². The Balaban J connectivity index is 2.52. The van der Waals surface area contributed by atoms with Crippen molar-refractivity contribution in [2.75, 3.05) is 33.9 Å². The van der Waals surface area contributed by atoms with E-state index in [0.717, 1.165) is 19.7 Å². The lowest BCUT2D eigenvalue weighted by atomic mass is 9.91. The number of likely N-dealkylation sites (N-methyl/N-ethyl adjacent to an activating group) is 1. The highest BCUT2D eigenvalue weighted by atomic mass is 16.5. The molecular formula is C15H32N2O. The van der Waals surface area contributed by atoms with Crippen LogP contribution in [0, 0.1) is 0 Å². The van der Waals surface area contributed by atoms with E-state index >= 15 is 0 Å². The molecule has 2 atom stereocenters. The number of rotatable bonds is 7. The maximum atomic E-state index is 5.21. The largest absolute Gasteiger partial charge is 0.383 e. The second kappa shape index (κ2) is 9.76. The van der Waals surface area contributed by atoms with E-state index in [1.165, 1.54) is 44.9 Å². The van der Waals surface area contributed by atoms with Crippen molar-refractivity contribution in [3.63, 3.8) is 0 Å². The second-order valence-corrected chi connectivity index (χ2v) is 5.59. The van der Waals surface area contributed by atoms with Gasteiger partial charge in [0.05, 0.1) is 6.61 Å². The van der Waals surface area contributed by atoms with Gasteiger partial charge in [0, 0.05) is 25.7 Å². The van der Waals surface area contributed by atoms with E-state index < -0.39 is 0 Å². The highest BCUT2D eigenvalue weighted by molar-refractivity contribution is 4.84. The van der Waals surface area contributed by atoms with Crippen molar-refractivity contribution in [3.8, 4) is 0 Å².